The second-order valence-corrected chi connectivity index (χ2v) is 2.63. The molecule has 1 atom stereocenters. The minimum Gasteiger partial charge on any atom is -0.365 e. The van der Waals surface area contributed by atoms with Gasteiger partial charge in [-0.05, 0) is 0 Å². The van der Waals surface area contributed by atoms with Crippen molar-refractivity contribution in [3.05, 3.63) is 18.0 Å². The van der Waals surface area contributed by atoms with Gasteiger partial charge in [-0.3, -0.25) is 4.79 Å². The molecule has 58 valence electrons. The summed E-state index contributed by atoms with van der Waals surface area (Å²) >= 11 is 0. The fourth-order valence-electron chi connectivity index (χ4n) is 1.25. The number of aromatic nitrogens is 1. The van der Waals surface area contributed by atoms with E-state index in [0.717, 1.165) is 5.69 Å². The Labute approximate surface area is 63.6 Å². The number of nitrogens with one attached hydrogen (secondary N) is 1. The van der Waals surface area contributed by atoms with Crippen LogP contribution in [0.1, 0.15) is 18.0 Å². The number of carbonyl (C=O) groups excluding carboxylic acids is 1. The van der Waals surface area contributed by atoms with Gasteiger partial charge in [-0.15, -0.1) is 0 Å². The maximum atomic E-state index is 10.8. The Morgan fingerprint density at radius 2 is 2.64 bits per heavy atom. The molecule has 1 saturated heterocycles. The highest BCUT2D eigenvalue weighted by molar-refractivity contribution is 5.79. The van der Waals surface area contributed by atoms with Crippen LogP contribution in [-0.2, 0) is 4.79 Å². The molecule has 0 aliphatic carbocycles. The third-order valence-corrected chi connectivity index (χ3v) is 1.85. The van der Waals surface area contributed by atoms with Gasteiger partial charge in [0, 0.05) is 24.9 Å². The van der Waals surface area contributed by atoms with Gasteiger partial charge in [-0.25, -0.2) is 0 Å². The number of nitrogens with zero attached hydrogens (tertiary/aromatic N) is 1. The lowest BCUT2D eigenvalue weighted by Crippen LogP contribution is -2.13. The van der Waals surface area contributed by atoms with Crippen LogP contribution in [0.2, 0.25) is 0 Å². The predicted octanol–water partition coefficient (Wildman–Crippen LogP) is 0.278. The van der Waals surface area contributed by atoms with Crippen molar-refractivity contribution in [3.8, 4) is 0 Å². The summed E-state index contributed by atoms with van der Waals surface area (Å²) in [5, 5.41) is 6.50. The van der Waals surface area contributed by atoms with Crippen LogP contribution in [0.4, 0.5) is 0 Å². The number of hydrogen-bond donors (Lipinski definition) is 1. The van der Waals surface area contributed by atoms with Crippen LogP contribution >= 0.6 is 0 Å². The van der Waals surface area contributed by atoms with Crippen molar-refractivity contribution in [2.24, 2.45) is 0 Å². The fraction of sp³-hybridized carbons (Fsp3) is 0.429. The number of hydrogen-bond acceptors (Lipinski definition) is 3. The Morgan fingerprint density at radius 1 is 1.73 bits per heavy atom. The van der Waals surface area contributed by atoms with Crippen molar-refractivity contribution < 1.29 is 9.32 Å². The summed E-state index contributed by atoms with van der Waals surface area (Å²) in [5.41, 5.74) is 0.864. The third-order valence-electron chi connectivity index (χ3n) is 1.85. The second-order valence-electron chi connectivity index (χ2n) is 2.63. The van der Waals surface area contributed by atoms with Gasteiger partial charge in [0.25, 0.3) is 0 Å². The summed E-state index contributed by atoms with van der Waals surface area (Å²) in [6.45, 7) is 0.686. The molecule has 1 aliphatic heterocycles. The number of carbonyl (C=O) groups is 1. The van der Waals surface area contributed by atoms with E-state index in [1.54, 1.807) is 6.07 Å². The largest absolute Gasteiger partial charge is 0.365 e. The van der Waals surface area contributed by atoms with Crippen molar-refractivity contribution in [1.82, 2.24) is 10.5 Å². The van der Waals surface area contributed by atoms with Crippen molar-refractivity contribution in [2.45, 2.75) is 12.3 Å². The minimum atomic E-state index is 0.0954. The maximum absolute atomic E-state index is 10.8. The lowest BCUT2D eigenvalue weighted by atomic mass is 10.1. The first kappa shape index (κ1) is 6.39. The van der Waals surface area contributed by atoms with E-state index in [0.29, 0.717) is 13.0 Å². The van der Waals surface area contributed by atoms with Crippen LogP contribution in [-0.4, -0.2) is 17.6 Å². The standard InChI is InChI=1S/C7H8N2O2/c10-7-3-5(4-8-7)6-1-2-11-9-6/h1-2,5H,3-4H2,(H,8,10). The van der Waals surface area contributed by atoms with Crippen molar-refractivity contribution >= 4 is 5.91 Å². The van der Waals surface area contributed by atoms with Gasteiger partial charge >= 0.3 is 0 Å². The molecule has 0 spiro atoms. The second kappa shape index (κ2) is 2.38. The number of rotatable bonds is 1. The van der Waals surface area contributed by atoms with Gasteiger partial charge < -0.3 is 9.84 Å². The fourth-order valence-corrected chi connectivity index (χ4v) is 1.25. The molecule has 0 saturated carbocycles. The van der Waals surface area contributed by atoms with Gasteiger partial charge in [0.15, 0.2) is 0 Å². The van der Waals surface area contributed by atoms with E-state index in [9.17, 15) is 4.79 Å². The van der Waals surface area contributed by atoms with E-state index in [1.807, 2.05) is 0 Å². The zero-order valence-electron chi connectivity index (χ0n) is 5.91. The van der Waals surface area contributed by atoms with Gasteiger partial charge in [0.05, 0.1) is 5.69 Å². The number of amides is 1. The van der Waals surface area contributed by atoms with Gasteiger partial charge in [-0.2, -0.15) is 0 Å². The Bertz CT molecular complexity index is 255. The molecule has 1 aromatic heterocycles. The van der Waals surface area contributed by atoms with E-state index < -0.39 is 0 Å². The molecule has 1 N–H and O–H groups in total. The zero-order chi connectivity index (χ0) is 7.68. The van der Waals surface area contributed by atoms with Crippen LogP contribution < -0.4 is 5.32 Å². The molecule has 0 aromatic carbocycles. The van der Waals surface area contributed by atoms with Crippen LogP contribution in [0, 0.1) is 0 Å². The molecule has 1 amide bonds. The molecule has 1 fully saturated rings. The average molecular weight is 152 g/mol. The maximum Gasteiger partial charge on any atom is 0.220 e. The lowest BCUT2D eigenvalue weighted by Gasteiger charge is -1.98. The molecule has 1 aromatic rings. The first-order chi connectivity index (χ1) is 5.36. The van der Waals surface area contributed by atoms with Crippen LogP contribution in [0.5, 0.6) is 0 Å². The normalized spacial score (nSPS) is 23.6. The van der Waals surface area contributed by atoms with Gasteiger partial charge in [0.2, 0.25) is 5.91 Å². The summed E-state index contributed by atoms with van der Waals surface area (Å²) in [6, 6.07) is 1.80. The minimum absolute atomic E-state index is 0.0954. The summed E-state index contributed by atoms with van der Waals surface area (Å²) in [6.07, 6.45) is 2.06. The topological polar surface area (TPSA) is 55.1 Å². The highest BCUT2D eigenvalue weighted by Gasteiger charge is 2.24. The van der Waals surface area contributed by atoms with Crippen molar-refractivity contribution in [2.75, 3.05) is 6.54 Å². The van der Waals surface area contributed by atoms with Gasteiger partial charge in [0.1, 0.15) is 6.26 Å². The van der Waals surface area contributed by atoms with E-state index >= 15 is 0 Å². The van der Waals surface area contributed by atoms with Crippen molar-refractivity contribution in [1.29, 1.82) is 0 Å². The first-order valence-electron chi connectivity index (χ1n) is 3.53. The Kier molecular flexibility index (Phi) is 1.38. The molecular formula is C7H8N2O2. The Balaban J connectivity index is 2.13. The molecule has 11 heavy (non-hydrogen) atoms. The first-order valence-corrected chi connectivity index (χ1v) is 3.53. The SMILES string of the molecule is O=C1CC(c2ccon2)CN1. The lowest BCUT2D eigenvalue weighted by molar-refractivity contribution is -0.119. The van der Waals surface area contributed by atoms with E-state index in [1.165, 1.54) is 6.26 Å². The smallest absolute Gasteiger partial charge is 0.220 e. The van der Waals surface area contributed by atoms with Crippen LogP contribution in [0.3, 0.4) is 0 Å². The molecular weight excluding hydrogens is 144 g/mol. The molecule has 0 radical (unpaired) electrons. The summed E-state index contributed by atoms with van der Waals surface area (Å²) in [4.78, 5) is 10.8. The Hall–Kier alpha value is -1.32. The highest BCUT2D eigenvalue weighted by Crippen LogP contribution is 2.20. The van der Waals surface area contributed by atoms with Crippen molar-refractivity contribution in [3.63, 3.8) is 0 Å². The molecule has 2 heterocycles. The third kappa shape index (κ3) is 1.11. The molecule has 2 rings (SSSR count). The molecule has 0 bridgehead atoms. The molecule has 1 aliphatic rings. The summed E-state index contributed by atoms with van der Waals surface area (Å²) in [5.74, 6) is 0.305. The van der Waals surface area contributed by atoms with E-state index in [-0.39, 0.29) is 11.8 Å². The van der Waals surface area contributed by atoms with Gasteiger partial charge in [-0.1, -0.05) is 5.16 Å². The summed E-state index contributed by atoms with van der Waals surface area (Å²) in [7, 11) is 0. The Morgan fingerprint density at radius 3 is 3.18 bits per heavy atom. The molecule has 4 heteroatoms. The molecule has 1 unspecified atom stereocenters. The van der Waals surface area contributed by atoms with Crippen LogP contribution in [0.15, 0.2) is 16.9 Å². The zero-order valence-corrected chi connectivity index (χ0v) is 5.91. The quantitative estimate of drug-likeness (QED) is 0.628. The predicted molar refractivity (Wildman–Crippen MR) is 36.9 cm³/mol. The van der Waals surface area contributed by atoms with E-state index in [4.69, 9.17) is 0 Å². The molecule has 4 nitrogen and oxygen atoms in total. The monoisotopic (exact) mass is 152 g/mol. The van der Waals surface area contributed by atoms with Crippen LogP contribution in [0.25, 0.3) is 0 Å². The average Bonchev–Trinajstić information content (AvgIpc) is 2.55. The highest BCUT2D eigenvalue weighted by atomic mass is 16.5. The summed E-state index contributed by atoms with van der Waals surface area (Å²) < 4.78 is 4.67. The van der Waals surface area contributed by atoms with E-state index in [2.05, 4.69) is 15.0 Å².